The molecule has 5 nitrogen and oxygen atoms in total. The van der Waals surface area contributed by atoms with Gasteiger partial charge in [0.1, 0.15) is 0 Å². The molecule has 108 valence electrons. The van der Waals surface area contributed by atoms with Gasteiger partial charge in [-0.15, -0.1) is 0 Å². The maximum absolute atomic E-state index is 12.0. The van der Waals surface area contributed by atoms with Crippen LogP contribution in [-0.4, -0.2) is 36.3 Å². The zero-order valence-corrected chi connectivity index (χ0v) is 12.8. The molecule has 1 aliphatic rings. The zero-order valence-electron chi connectivity index (χ0n) is 11.2. The monoisotopic (exact) mass is 339 g/mol. The van der Waals surface area contributed by atoms with Gasteiger partial charge in [0.05, 0.1) is 6.54 Å². The second kappa shape index (κ2) is 6.74. The Morgan fingerprint density at radius 1 is 1.20 bits per heavy atom. The number of anilines is 1. The molecule has 3 N–H and O–H groups in total. The first kappa shape index (κ1) is 14.8. The van der Waals surface area contributed by atoms with Crippen LogP contribution in [-0.2, 0) is 4.79 Å². The van der Waals surface area contributed by atoms with Gasteiger partial charge in [-0.1, -0.05) is 15.9 Å². The normalized spacial score (nSPS) is 14.9. The maximum atomic E-state index is 12.0. The van der Waals surface area contributed by atoms with Crippen LogP contribution < -0.4 is 11.1 Å². The topological polar surface area (TPSA) is 75.4 Å². The van der Waals surface area contributed by atoms with E-state index in [9.17, 15) is 9.59 Å². The van der Waals surface area contributed by atoms with E-state index in [4.69, 9.17) is 5.73 Å². The van der Waals surface area contributed by atoms with Crippen molar-refractivity contribution >= 4 is 33.4 Å². The van der Waals surface area contributed by atoms with Crippen molar-refractivity contribution < 1.29 is 9.59 Å². The molecule has 0 radical (unpaired) electrons. The van der Waals surface area contributed by atoms with Crippen LogP contribution in [0.5, 0.6) is 0 Å². The molecule has 2 rings (SSSR count). The molecule has 0 atom stereocenters. The van der Waals surface area contributed by atoms with E-state index in [-0.39, 0.29) is 18.4 Å². The van der Waals surface area contributed by atoms with E-state index >= 15 is 0 Å². The van der Waals surface area contributed by atoms with E-state index in [2.05, 4.69) is 21.2 Å². The van der Waals surface area contributed by atoms with Crippen molar-refractivity contribution in [2.45, 2.75) is 19.3 Å². The summed E-state index contributed by atoms with van der Waals surface area (Å²) in [7, 11) is 0. The van der Waals surface area contributed by atoms with Crippen molar-refractivity contribution in [3.63, 3.8) is 0 Å². The van der Waals surface area contributed by atoms with Crippen LogP contribution in [0, 0.1) is 0 Å². The summed E-state index contributed by atoms with van der Waals surface area (Å²) in [6, 6.07) is 4.98. The third kappa shape index (κ3) is 3.96. The van der Waals surface area contributed by atoms with Gasteiger partial charge in [0.25, 0.3) is 5.91 Å². The number of nitrogens with one attached hydrogen (secondary N) is 1. The van der Waals surface area contributed by atoms with Crippen LogP contribution >= 0.6 is 15.9 Å². The SMILES string of the molecule is Nc1cc(Br)cc(C(=O)NCC(=O)N2CCCCC2)c1. The molecule has 0 saturated carbocycles. The molecule has 20 heavy (non-hydrogen) atoms. The van der Waals surface area contributed by atoms with E-state index < -0.39 is 0 Å². The van der Waals surface area contributed by atoms with Crippen molar-refractivity contribution in [1.82, 2.24) is 10.2 Å². The standard InChI is InChI=1S/C14H18BrN3O2/c15-11-6-10(7-12(16)8-11)14(20)17-9-13(19)18-4-2-1-3-5-18/h6-8H,1-5,9,16H2,(H,17,20). The second-order valence-corrected chi connectivity index (χ2v) is 5.81. The Labute approximate surface area is 126 Å². The highest BCUT2D eigenvalue weighted by molar-refractivity contribution is 9.10. The Morgan fingerprint density at radius 3 is 2.55 bits per heavy atom. The number of benzene rings is 1. The van der Waals surface area contributed by atoms with Gasteiger partial charge in [-0.25, -0.2) is 0 Å². The summed E-state index contributed by atoms with van der Waals surface area (Å²) >= 11 is 3.29. The van der Waals surface area contributed by atoms with Gasteiger partial charge in [-0.05, 0) is 37.5 Å². The van der Waals surface area contributed by atoms with Crippen molar-refractivity contribution in [2.75, 3.05) is 25.4 Å². The molecule has 0 bridgehead atoms. The van der Waals surface area contributed by atoms with Crippen molar-refractivity contribution in [3.05, 3.63) is 28.2 Å². The first-order valence-corrected chi connectivity index (χ1v) is 7.47. The van der Waals surface area contributed by atoms with Crippen LogP contribution in [0.25, 0.3) is 0 Å². The number of amides is 2. The van der Waals surface area contributed by atoms with Gasteiger partial charge in [0.15, 0.2) is 0 Å². The molecule has 1 aliphatic heterocycles. The Balaban J connectivity index is 1.89. The minimum atomic E-state index is -0.289. The minimum Gasteiger partial charge on any atom is -0.399 e. The lowest BCUT2D eigenvalue weighted by molar-refractivity contribution is -0.130. The summed E-state index contributed by atoms with van der Waals surface area (Å²) in [6.45, 7) is 1.61. The molecule has 6 heteroatoms. The number of nitrogens with zero attached hydrogens (tertiary/aromatic N) is 1. The number of hydrogen-bond acceptors (Lipinski definition) is 3. The average Bonchev–Trinajstić information content (AvgIpc) is 2.44. The molecular formula is C14H18BrN3O2. The van der Waals surface area contributed by atoms with Gasteiger partial charge in [0, 0.05) is 28.8 Å². The molecule has 1 aromatic carbocycles. The fraction of sp³-hybridized carbons (Fsp3) is 0.429. The van der Waals surface area contributed by atoms with Crippen molar-refractivity contribution in [3.8, 4) is 0 Å². The number of rotatable bonds is 3. The lowest BCUT2D eigenvalue weighted by atomic mass is 10.1. The number of nitrogens with two attached hydrogens (primary N) is 1. The molecule has 0 unspecified atom stereocenters. The van der Waals surface area contributed by atoms with Gasteiger partial charge < -0.3 is 16.0 Å². The lowest BCUT2D eigenvalue weighted by Gasteiger charge is -2.26. The third-order valence-electron chi connectivity index (χ3n) is 3.29. The molecule has 1 saturated heterocycles. The predicted molar refractivity (Wildman–Crippen MR) is 81.3 cm³/mol. The Morgan fingerprint density at radius 2 is 1.90 bits per heavy atom. The van der Waals surface area contributed by atoms with E-state index in [1.54, 1.807) is 23.1 Å². The summed E-state index contributed by atoms with van der Waals surface area (Å²) in [5.74, 6) is -0.315. The van der Waals surface area contributed by atoms with Crippen molar-refractivity contribution in [2.24, 2.45) is 0 Å². The van der Waals surface area contributed by atoms with Crippen LogP contribution in [0.3, 0.4) is 0 Å². The van der Waals surface area contributed by atoms with Gasteiger partial charge >= 0.3 is 0 Å². The number of likely N-dealkylation sites (tertiary alicyclic amines) is 1. The molecule has 1 aromatic rings. The van der Waals surface area contributed by atoms with Gasteiger partial charge in [0.2, 0.25) is 5.91 Å². The van der Waals surface area contributed by atoms with E-state index in [0.717, 1.165) is 30.4 Å². The molecule has 1 fully saturated rings. The Hall–Kier alpha value is -1.56. The highest BCUT2D eigenvalue weighted by Crippen LogP contribution is 2.17. The van der Waals surface area contributed by atoms with Gasteiger partial charge in [-0.3, -0.25) is 9.59 Å². The fourth-order valence-corrected chi connectivity index (χ4v) is 2.77. The highest BCUT2D eigenvalue weighted by Gasteiger charge is 2.17. The first-order chi connectivity index (χ1) is 9.56. The van der Waals surface area contributed by atoms with E-state index in [1.807, 2.05) is 0 Å². The summed E-state index contributed by atoms with van der Waals surface area (Å²) in [5, 5.41) is 2.64. The number of nitrogen functional groups attached to an aromatic ring is 1. The maximum Gasteiger partial charge on any atom is 0.251 e. The minimum absolute atomic E-state index is 0.0268. The van der Waals surface area contributed by atoms with E-state index in [0.29, 0.717) is 11.3 Å². The fourth-order valence-electron chi connectivity index (χ4n) is 2.26. The molecule has 0 aromatic heterocycles. The molecule has 2 amide bonds. The summed E-state index contributed by atoms with van der Waals surface area (Å²) in [5.41, 5.74) is 6.64. The van der Waals surface area contributed by atoms with Crippen LogP contribution in [0.2, 0.25) is 0 Å². The summed E-state index contributed by atoms with van der Waals surface area (Å²) < 4.78 is 0.741. The quantitative estimate of drug-likeness (QED) is 0.824. The van der Waals surface area contributed by atoms with Gasteiger partial charge in [-0.2, -0.15) is 0 Å². The highest BCUT2D eigenvalue weighted by atomic mass is 79.9. The molecule has 0 spiro atoms. The number of piperidine rings is 1. The van der Waals surface area contributed by atoms with Crippen molar-refractivity contribution in [1.29, 1.82) is 0 Å². The smallest absolute Gasteiger partial charge is 0.251 e. The van der Waals surface area contributed by atoms with Crippen LogP contribution in [0.1, 0.15) is 29.6 Å². The molecule has 1 heterocycles. The predicted octanol–water partition coefficient (Wildman–Crippen LogP) is 1.77. The number of halogens is 1. The Kier molecular flexibility index (Phi) is 5.00. The molecular weight excluding hydrogens is 322 g/mol. The average molecular weight is 340 g/mol. The number of hydrogen-bond donors (Lipinski definition) is 2. The number of carbonyl (C=O) groups is 2. The largest absolute Gasteiger partial charge is 0.399 e. The van der Waals surface area contributed by atoms with Crippen LogP contribution in [0.4, 0.5) is 5.69 Å². The lowest BCUT2D eigenvalue weighted by Crippen LogP contribution is -2.42. The summed E-state index contributed by atoms with van der Waals surface area (Å²) in [4.78, 5) is 25.7. The van der Waals surface area contributed by atoms with E-state index in [1.165, 1.54) is 6.42 Å². The second-order valence-electron chi connectivity index (χ2n) is 4.90. The third-order valence-corrected chi connectivity index (χ3v) is 3.75. The molecule has 0 aliphatic carbocycles. The summed E-state index contributed by atoms with van der Waals surface area (Å²) in [6.07, 6.45) is 3.26. The first-order valence-electron chi connectivity index (χ1n) is 6.68. The zero-order chi connectivity index (χ0) is 14.5. The Bertz CT molecular complexity index is 493. The number of carbonyl (C=O) groups excluding carboxylic acids is 2. The van der Waals surface area contributed by atoms with Crippen LogP contribution in [0.15, 0.2) is 22.7 Å².